The summed E-state index contributed by atoms with van der Waals surface area (Å²) in [6.45, 7) is 0. The molecule has 0 spiro atoms. The van der Waals surface area contributed by atoms with Crippen LogP contribution in [0.4, 0.5) is 0 Å². The van der Waals surface area contributed by atoms with Gasteiger partial charge in [-0.2, -0.15) is 0 Å². The molecule has 0 saturated carbocycles. The van der Waals surface area contributed by atoms with Crippen molar-refractivity contribution in [2.24, 2.45) is 0 Å². The van der Waals surface area contributed by atoms with E-state index in [0.717, 1.165) is 44.8 Å². The van der Waals surface area contributed by atoms with Crippen molar-refractivity contribution in [3.8, 4) is 67.3 Å². The van der Waals surface area contributed by atoms with Gasteiger partial charge < -0.3 is 0 Å². The molecule has 12 aromatic rings. The lowest BCUT2D eigenvalue weighted by molar-refractivity contribution is 0.768. The maximum Gasteiger partial charge on any atom is 0.161 e. The molecule has 2 nitrogen and oxygen atoms in total. The second-order valence-electron chi connectivity index (χ2n) is 17.5. The van der Waals surface area contributed by atoms with E-state index in [4.69, 9.17) is 9.97 Å². The lowest BCUT2D eigenvalue weighted by Gasteiger charge is -2.33. The standard InChI is InChI=1S/C65H42N2/c1-4-21-43(22-5-1)48-29-14-15-32-51(48)60-42-61(56-36-20-38-59-63(56)55-35-18-19-37-58(55)65(59,46-25-6-2-7-26-46)47-27-8-3-9-28-47)67-64(66-60)54-34-17-16-33-52(54)62-50-31-13-11-24-45(50)41-57-49-30-12-10-23-44(49)39-40-53(57)62/h1-42H. The summed E-state index contributed by atoms with van der Waals surface area (Å²) >= 11 is 0. The molecule has 0 unspecified atom stereocenters. The molecule has 312 valence electrons. The van der Waals surface area contributed by atoms with Gasteiger partial charge in [0.1, 0.15) is 0 Å². The van der Waals surface area contributed by atoms with E-state index in [1.54, 1.807) is 0 Å². The zero-order chi connectivity index (χ0) is 44.3. The number of aromatic nitrogens is 2. The minimum Gasteiger partial charge on any atom is -0.228 e. The van der Waals surface area contributed by atoms with E-state index in [9.17, 15) is 0 Å². The molecule has 2 heteroatoms. The molecule has 0 saturated heterocycles. The molecule has 0 fully saturated rings. The highest BCUT2D eigenvalue weighted by atomic mass is 14.9. The van der Waals surface area contributed by atoms with Crippen LogP contribution in [0.25, 0.3) is 99.6 Å². The molecular formula is C65H42N2. The fraction of sp³-hybridized carbons (Fsp3) is 0.0154. The summed E-state index contributed by atoms with van der Waals surface area (Å²) in [4.78, 5) is 11.4. The molecule has 11 aromatic carbocycles. The molecule has 0 bridgehead atoms. The Morgan fingerprint density at radius 3 is 1.52 bits per heavy atom. The van der Waals surface area contributed by atoms with Gasteiger partial charge in [-0.05, 0) is 100 Å². The Morgan fingerprint density at radius 1 is 0.269 bits per heavy atom. The number of benzene rings is 11. The summed E-state index contributed by atoms with van der Waals surface area (Å²) in [5.74, 6) is 0.675. The Balaban J connectivity index is 1.12. The normalized spacial score (nSPS) is 12.6. The third-order valence-electron chi connectivity index (χ3n) is 14.0. The van der Waals surface area contributed by atoms with Crippen LogP contribution in [0.2, 0.25) is 0 Å². The van der Waals surface area contributed by atoms with Crippen LogP contribution in [-0.2, 0) is 5.41 Å². The second kappa shape index (κ2) is 15.8. The van der Waals surface area contributed by atoms with Crippen molar-refractivity contribution in [1.82, 2.24) is 9.97 Å². The van der Waals surface area contributed by atoms with E-state index in [2.05, 4.69) is 255 Å². The molecule has 0 N–H and O–H groups in total. The highest BCUT2D eigenvalue weighted by Gasteiger charge is 2.47. The van der Waals surface area contributed by atoms with Crippen LogP contribution < -0.4 is 0 Å². The quantitative estimate of drug-likeness (QED) is 0.118. The SMILES string of the molecule is c1ccc(-c2ccccc2-c2cc(-c3cccc4c3-c3ccccc3C4(c3ccccc3)c3ccccc3)nc(-c3ccccc3-c3c4ccccc4cc4c3ccc3ccccc34)n2)cc1. The highest BCUT2D eigenvalue weighted by Crippen LogP contribution is 2.58. The molecule has 0 radical (unpaired) electrons. The van der Waals surface area contributed by atoms with Crippen LogP contribution in [0.3, 0.4) is 0 Å². The fourth-order valence-corrected chi connectivity index (χ4v) is 11.1. The molecule has 13 rings (SSSR count). The first-order chi connectivity index (χ1) is 33.3. The van der Waals surface area contributed by atoms with Crippen molar-refractivity contribution < 1.29 is 0 Å². The Morgan fingerprint density at radius 2 is 0.791 bits per heavy atom. The van der Waals surface area contributed by atoms with Gasteiger partial charge in [-0.3, -0.25) is 0 Å². The maximum absolute atomic E-state index is 5.73. The number of rotatable bonds is 7. The lowest BCUT2D eigenvalue weighted by atomic mass is 9.67. The van der Waals surface area contributed by atoms with Crippen LogP contribution in [0.1, 0.15) is 22.3 Å². The summed E-state index contributed by atoms with van der Waals surface area (Å²) in [6.07, 6.45) is 0. The van der Waals surface area contributed by atoms with E-state index in [1.807, 2.05) is 0 Å². The summed E-state index contributed by atoms with van der Waals surface area (Å²) in [5, 5.41) is 7.28. The maximum atomic E-state index is 5.73. The van der Waals surface area contributed by atoms with Crippen molar-refractivity contribution in [2.75, 3.05) is 0 Å². The first kappa shape index (κ1) is 38.7. The van der Waals surface area contributed by atoms with Gasteiger partial charge in [0.25, 0.3) is 0 Å². The Hall–Kier alpha value is -8.72. The molecule has 0 atom stereocenters. The van der Waals surface area contributed by atoms with E-state index < -0.39 is 5.41 Å². The minimum atomic E-state index is -0.546. The van der Waals surface area contributed by atoms with Crippen molar-refractivity contribution >= 4 is 32.3 Å². The summed E-state index contributed by atoms with van der Waals surface area (Å²) in [7, 11) is 0. The average Bonchev–Trinajstić information content (AvgIpc) is 3.72. The molecule has 0 amide bonds. The van der Waals surface area contributed by atoms with Crippen LogP contribution in [-0.4, -0.2) is 9.97 Å². The average molecular weight is 851 g/mol. The predicted molar refractivity (Wildman–Crippen MR) is 279 cm³/mol. The number of fused-ring (bicyclic) bond motifs is 7. The van der Waals surface area contributed by atoms with Crippen LogP contribution in [0.5, 0.6) is 0 Å². The number of hydrogen-bond acceptors (Lipinski definition) is 2. The molecule has 1 aromatic heterocycles. The molecule has 0 aliphatic heterocycles. The second-order valence-corrected chi connectivity index (χ2v) is 17.5. The van der Waals surface area contributed by atoms with Gasteiger partial charge in [-0.15, -0.1) is 0 Å². The predicted octanol–water partition coefficient (Wildman–Crippen LogP) is 16.6. The van der Waals surface area contributed by atoms with E-state index in [0.29, 0.717) is 5.82 Å². The van der Waals surface area contributed by atoms with Crippen LogP contribution in [0.15, 0.2) is 255 Å². The summed E-state index contributed by atoms with van der Waals surface area (Å²) in [6, 6.07) is 92.4. The van der Waals surface area contributed by atoms with Gasteiger partial charge in [0.05, 0.1) is 16.8 Å². The topological polar surface area (TPSA) is 25.8 Å². The zero-order valence-electron chi connectivity index (χ0n) is 36.6. The first-order valence-electron chi connectivity index (χ1n) is 23.1. The molecule has 1 aliphatic carbocycles. The minimum absolute atomic E-state index is 0.546. The van der Waals surface area contributed by atoms with Gasteiger partial charge >= 0.3 is 0 Å². The largest absolute Gasteiger partial charge is 0.228 e. The van der Waals surface area contributed by atoms with Gasteiger partial charge in [-0.1, -0.05) is 243 Å². The van der Waals surface area contributed by atoms with Crippen molar-refractivity contribution in [2.45, 2.75) is 5.41 Å². The van der Waals surface area contributed by atoms with Crippen LogP contribution >= 0.6 is 0 Å². The van der Waals surface area contributed by atoms with Crippen molar-refractivity contribution in [1.29, 1.82) is 0 Å². The number of hydrogen-bond donors (Lipinski definition) is 0. The Kier molecular flexibility index (Phi) is 9.11. The third kappa shape index (κ3) is 6.11. The van der Waals surface area contributed by atoms with E-state index >= 15 is 0 Å². The molecule has 1 heterocycles. The number of nitrogens with zero attached hydrogens (tertiary/aromatic N) is 2. The Labute approximate surface area is 390 Å². The van der Waals surface area contributed by atoms with E-state index in [1.165, 1.54) is 71.3 Å². The monoisotopic (exact) mass is 850 g/mol. The van der Waals surface area contributed by atoms with Crippen molar-refractivity contribution in [3.05, 3.63) is 277 Å². The molecule has 1 aliphatic rings. The fourth-order valence-electron chi connectivity index (χ4n) is 11.1. The Bertz CT molecular complexity index is 3820. The van der Waals surface area contributed by atoms with Crippen molar-refractivity contribution in [3.63, 3.8) is 0 Å². The van der Waals surface area contributed by atoms with Gasteiger partial charge in [0, 0.05) is 16.7 Å². The molecular weight excluding hydrogens is 809 g/mol. The van der Waals surface area contributed by atoms with E-state index in [-0.39, 0.29) is 0 Å². The van der Waals surface area contributed by atoms with Gasteiger partial charge in [0.2, 0.25) is 0 Å². The van der Waals surface area contributed by atoms with Crippen LogP contribution in [0, 0.1) is 0 Å². The van der Waals surface area contributed by atoms with Gasteiger partial charge in [-0.25, -0.2) is 9.97 Å². The van der Waals surface area contributed by atoms with Gasteiger partial charge in [0.15, 0.2) is 5.82 Å². The summed E-state index contributed by atoms with van der Waals surface area (Å²) in [5.41, 5.74) is 16.2. The first-order valence-corrected chi connectivity index (χ1v) is 23.1. The smallest absolute Gasteiger partial charge is 0.161 e. The molecule has 67 heavy (non-hydrogen) atoms. The highest BCUT2D eigenvalue weighted by molar-refractivity contribution is 6.21. The lowest BCUT2D eigenvalue weighted by Crippen LogP contribution is -2.28. The summed E-state index contributed by atoms with van der Waals surface area (Å²) < 4.78 is 0. The zero-order valence-corrected chi connectivity index (χ0v) is 36.6. The third-order valence-corrected chi connectivity index (χ3v) is 14.0.